The minimum atomic E-state index is -0.299. The molecule has 1 aliphatic rings. The van der Waals surface area contributed by atoms with Gasteiger partial charge < -0.3 is 15.4 Å². The van der Waals surface area contributed by atoms with Crippen LogP contribution in [-0.4, -0.2) is 58.8 Å². The van der Waals surface area contributed by atoms with Gasteiger partial charge in [0.15, 0.2) is 5.16 Å². The van der Waals surface area contributed by atoms with Gasteiger partial charge in [-0.3, -0.25) is 19.0 Å². The van der Waals surface area contributed by atoms with Gasteiger partial charge in [0.1, 0.15) is 0 Å². The van der Waals surface area contributed by atoms with E-state index >= 15 is 0 Å². The number of para-hydroxylation sites is 1. The van der Waals surface area contributed by atoms with E-state index in [1.54, 1.807) is 28.7 Å². The summed E-state index contributed by atoms with van der Waals surface area (Å²) in [5.41, 5.74) is 5.87. The Bertz CT molecular complexity index is 938. The predicted octanol–water partition coefficient (Wildman–Crippen LogP) is 1.25. The molecule has 1 aromatic heterocycles. The van der Waals surface area contributed by atoms with Gasteiger partial charge >= 0.3 is 0 Å². The van der Waals surface area contributed by atoms with Crippen molar-refractivity contribution in [1.82, 2.24) is 14.5 Å². The number of fused-ring (bicyclic) bond motifs is 1. The number of rotatable bonds is 8. The van der Waals surface area contributed by atoms with Crippen molar-refractivity contribution in [3.8, 4) is 0 Å². The number of ether oxygens (including phenoxy) is 1. The summed E-state index contributed by atoms with van der Waals surface area (Å²) in [5, 5.41) is 1.10. The van der Waals surface area contributed by atoms with Gasteiger partial charge in [-0.05, 0) is 31.4 Å². The minimum absolute atomic E-state index is 0.0243. The molecule has 1 saturated heterocycles. The van der Waals surface area contributed by atoms with Gasteiger partial charge in [-0.15, -0.1) is 0 Å². The number of hydrogen-bond acceptors (Lipinski definition) is 6. The van der Waals surface area contributed by atoms with E-state index in [1.165, 1.54) is 11.8 Å². The van der Waals surface area contributed by atoms with E-state index in [0.29, 0.717) is 61.6 Å². The summed E-state index contributed by atoms with van der Waals surface area (Å²) in [6.07, 6.45) is 1.88. The number of primary amides is 1. The molecule has 8 nitrogen and oxygen atoms in total. The molecule has 0 unspecified atom stereocenters. The molecule has 29 heavy (non-hydrogen) atoms. The lowest BCUT2D eigenvalue weighted by Crippen LogP contribution is -2.42. The van der Waals surface area contributed by atoms with Crippen molar-refractivity contribution in [2.75, 3.05) is 32.6 Å². The van der Waals surface area contributed by atoms with E-state index in [4.69, 9.17) is 10.5 Å². The lowest BCUT2D eigenvalue weighted by molar-refractivity contribution is -0.132. The Morgan fingerprint density at radius 3 is 2.69 bits per heavy atom. The summed E-state index contributed by atoms with van der Waals surface area (Å²) in [6, 6.07) is 7.22. The van der Waals surface area contributed by atoms with Crippen molar-refractivity contribution >= 4 is 34.5 Å². The molecule has 0 bridgehead atoms. The fourth-order valence-corrected chi connectivity index (χ4v) is 4.38. The lowest BCUT2D eigenvalue weighted by atomic mass is 9.96. The highest BCUT2D eigenvalue weighted by molar-refractivity contribution is 7.99. The van der Waals surface area contributed by atoms with Crippen LogP contribution in [0.15, 0.2) is 34.2 Å². The smallest absolute Gasteiger partial charge is 0.262 e. The zero-order valence-corrected chi connectivity index (χ0v) is 17.3. The van der Waals surface area contributed by atoms with Crippen LogP contribution in [-0.2, 0) is 20.9 Å². The molecule has 9 heteroatoms. The van der Waals surface area contributed by atoms with Gasteiger partial charge in [0.2, 0.25) is 11.8 Å². The van der Waals surface area contributed by atoms with Crippen molar-refractivity contribution in [2.24, 2.45) is 11.7 Å². The number of piperidine rings is 1. The third-order valence-electron chi connectivity index (χ3n) is 5.13. The van der Waals surface area contributed by atoms with E-state index in [9.17, 15) is 14.4 Å². The molecule has 2 N–H and O–H groups in total. The fraction of sp³-hybridized carbons (Fsp3) is 0.500. The number of carbonyl (C=O) groups excluding carboxylic acids is 2. The van der Waals surface area contributed by atoms with Crippen LogP contribution < -0.4 is 11.3 Å². The highest BCUT2D eigenvalue weighted by Crippen LogP contribution is 2.21. The molecular formula is C20H26N4O4S. The molecule has 0 atom stereocenters. The zero-order valence-electron chi connectivity index (χ0n) is 16.5. The largest absolute Gasteiger partial charge is 0.385 e. The topological polar surface area (TPSA) is 108 Å². The highest BCUT2D eigenvalue weighted by Gasteiger charge is 2.26. The van der Waals surface area contributed by atoms with E-state index in [-0.39, 0.29) is 29.0 Å². The van der Waals surface area contributed by atoms with Crippen molar-refractivity contribution < 1.29 is 14.3 Å². The Hall–Kier alpha value is -2.39. The monoisotopic (exact) mass is 418 g/mol. The van der Waals surface area contributed by atoms with Gasteiger partial charge in [0.05, 0.1) is 16.7 Å². The van der Waals surface area contributed by atoms with Gasteiger partial charge in [0.25, 0.3) is 5.56 Å². The number of methoxy groups -OCH3 is 1. The highest BCUT2D eigenvalue weighted by atomic mass is 32.2. The lowest BCUT2D eigenvalue weighted by Gasteiger charge is -2.30. The molecule has 2 amide bonds. The first kappa shape index (κ1) is 21.3. The van der Waals surface area contributed by atoms with E-state index in [0.717, 1.165) is 0 Å². The number of hydrogen-bond donors (Lipinski definition) is 1. The Balaban J connectivity index is 1.73. The average Bonchev–Trinajstić information content (AvgIpc) is 2.74. The second kappa shape index (κ2) is 9.89. The van der Waals surface area contributed by atoms with Crippen LogP contribution in [0.4, 0.5) is 0 Å². The maximum atomic E-state index is 12.9. The number of nitrogens with two attached hydrogens (primary N) is 1. The standard InChI is InChI=1S/C20H26N4O4S/c1-28-12-4-9-24-19(27)15-5-2-3-6-16(15)22-20(24)29-13-17(25)23-10-7-14(8-11-23)18(21)26/h2-3,5-6,14H,4,7-13H2,1H3,(H2,21,26). The molecular weight excluding hydrogens is 392 g/mol. The molecule has 1 aliphatic heterocycles. The number of likely N-dealkylation sites (tertiary alicyclic amines) is 1. The molecule has 2 heterocycles. The minimum Gasteiger partial charge on any atom is -0.385 e. The second-order valence-corrected chi connectivity index (χ2v) is 8.00. The Morgan fingerprint density at radius 1 is 1.28 bits per heavy atom. The first-order valence-corrected chi connectivity index (χ1v) is 10.7. The number of aromatic nitrogens is 2. The van der Waals surface area contributed by atoms with E-state index in [1.807, 2.05) is 12.1 Å². The Kier molecular flexibility index (Phi) is 7.27. The number of carbonyl (C=O) groups is 2. The first-order valence-electron chi connectivity index (χ1n) is 9.69. The summed E-state index contributed by atoms with van der Waals surface area (Å²) in [6.45, 7) is 2.07. The number of thioether (sulfide) groups is 1. The molecule has 3 rings (SSSR count). The van der Waals surface area contributed by atoms with E-state index < -0.39 is 0 Å². The maximum absolute atomic E-state index is 12.9. The molecule has 2 aromatic rings. The molecule has 0 saturated carbocycles. The van der Waals surface area contributed by atoms with Gasteiger partial charge in [0, 0.05) is 39.3 Å². The molecule has 0 radical (unpaired) electrons. The molecule has 1 aromatic carbocycles. The van der Waals surface area contributed by atoms with Crippen molar-refractivity contribution in [3.05, 3.63) is 34.6 Å². The number of benzene rings is 1. The van der Waals surface area contributed by atoms with Crippen molar-refractivity contribution in [2.45, 2.75) is 31.0 Å². The number of amides is 2. The van der Waals surface area contributed by atoms with Crippen LogP contribution >= 0.6 is 11.8 Å². The predicted molar refractivity (Wildman–Crippen MR) is 112 cm³/mol. The molecule has 0 aliphatic carbocycles. The molecule has 156 valence electrons. The Morgan fingerprint density at radius 2 is 2.00 bits per heavy atom. The normalized spacial score (nSPS) is 15.0. The van der Waals surface area contributed by atoms with Gasteiger partial charge in [-0.2, -0.15) is 0 Å². The first-order chi connectivity index (χ1) is 14.0. The van der Waals surface area contributed by atoms with Gasteiger partial charge in [-0.25, -0.2) is 4.98 Å². The summed E-state index contributed by atoms with van der Waals surface area (Å²) in [5.74, 6) is -0.286. The summed E-state index contributed by atoms with van der Waals surface area (Å²) < 4.78 is 6.72. The van der Waals surface area contributed by atoms with Crippen LogP contribution in [0.5, 0.6) is 0 Å². The van der Waals surface area contributed by atoms with Crippen LogP contribution in [0.3, 0.4) is 0 Å². The third-order valence-corrected chi connectivity index (χ3v) is 6.09. The van der Waals surface area contributed by atoms with Crippen LogP contribution in [0.2, 0.25) is 0 Å². The molecule has 0 spiro atoms. The fourth-order valence-electron chi connectivity index (χ4n) is 3.45. The van der Waals surface area contributed by atoms with Crippen molar-refractivity contribution in [1.29, 1.82) is 0 Å². The van der Waals surface area contributed by atoms with Crippen LogP contribution in [0, 0.1) is 5.92 Å². The van der Waals surface area contributed by atoms with E-state index in [2.05, 4.69) is 4.98 Å². The Labute approximate surface area is 173 Å². The SMILES string of the molecule is COCCCn1c(SCC(=O)N2CCC(C(N)=O)CC2)nc2ccccc2c1=O. The average molecular weight is 419 g/mol. The summed E-state index contributed by atoms with van der Waals surface area (Å²) in [4.78, 5) is 43.2. The number of nitrogens with zero attached hydrogens (tertiary/aromatic N) is 3. The summed E-state index contributed by atoms with van der Waals surface area (Å²) in [7, 11) is 1.62. The van der Waals surface area contributed by atoms with Gasteiger partial charge in [-0.1, -0.05) is 23.9 Å². The van der Waals surface area contributed by atoms with Crippen molar-refractivity contribution in [3.63, 3.8) is 0 Å². The molecule has 1 fully saturated rings. The second-order valence-electron chi connectivity index (χ2n) is 7.06. The third kappa shape index (κ3) is 5.16. The quantitative estimate of drug-likeness (QED) is 0.393. The van der Waals surface area contributed by atoms with Crippen LogP contribution in [0.25, 0.3) is 10.9 Å². The zero-order chi connectivity index (χ0) is 20.8. The van der Waals surface area contributed by atoms with Crippen LogP contribution in [0.1, 0.15) is 19.3 Å². The maximum Gasteiger partial charge on any atom is 0.262 e. The summed E-state index contributed by atoms with van der Waals surface area (Å²) >= 11 is 1.27.